The van der Waals surface area contributed by atoms with Crippen LogP contribution in [0.2, 0.25) is 10.0 Å². The molecule has 0 aromatic heterocycles. The Labute approximate surface area is 180 Å². The number of piperidine rings is 1. The number of hydrogen-bond donors (Lipinski definition) is 1. The van der Waals surface area contributed by atoms with Crippen molar-refractivity contribution >= 4 is 39.1 Å². The van der Waals surface area contributed by atoms with E-state index in [-0.39, 0.29) is 17.0 Å². The normalized spacial score (nSPS) is 15.1. The number of nitrogens with zero attached hydrogens (tertiary/aromatic N) is 1. The molecule has 3 rings (SSSR count). The highest BCUT2D eigenvalue weighted by Crippen LogP contribution is 2.27. The molecule has 156 valence electrons. The molecule has 1 amide bonds. The van der Waals surface area contributed by atoms with E-state index in [0.717, 1.165) is 19.3 Å². The highest BCUT2D eigenvalue weighted by Gasteiger charge is 2.27. The van der Waals surface area contributed by atoms with Gasteiger partial charge in [0.05, 0.1) is 17.6 Å². The fraction of sp³-hybridized carbons (Fsp3) is 0.350. The maximum absolute atomic E-state index is 12.9. The number of rotatable bonds is 6. The van der Waals surface area contributed by atoms with Gasteiger partial charge in [-0.15, -0.1) is 0 Å². The van der Waals surface area contributed by atoms with E-state index in [2.05, 4.69) is 5.32 Å². The summed E-state index contributed by atoms with van der Waals surface area (Å²) in [7, 11) is -2.23. The number of carbonyl (C=O) groups excluding carboxylic acids is 1. The molecule has 0 unspecified atom stereocenters. The molecule has 0 saturated carbocycles. The van der Waals surface area contributed by atoms with Gasteiger partial charge in [-0.05, 0) is 48.7 Å². The van der Waals surface area contributed by atoms with Crippen LogP contribution in [0.1, 0.15) is 35.2 Å². The molecule has 6 nitrogen and oxygen atoms in total. The van der Waals surface area contributed by atoms with Crippen molar-refractivity contribution in [2.45, 2.75) is 30.7 Å². The third kappa shape index (κ3) is 5.04. The Hall–Kier alpha value is -1.80. The second-order valence-electron chi connectivity index (χ2n) is 6.75. The first-order valence-electron chi connectivity index (χ1n) is 9.23. The summed E-state index contributed by atoms with van der Waals surface area (Å²) in [5.74, 6) is -0.161. The smallest absolute Gasteiger partial charge is 0.255 e. The summed E-state index contributed by atoms with van der Waals surface area (Å²) in [5, 5.41) is 3.69. The molecular weight excluding hydrogens is 435 g/mol. The zero-order valence-corrected chi connectivity index (χ0v) is 18.3. The van der Waals surface area contributed by atoms with Crippen LogP contribution in [0.5, 0.6) is 5.75 Å². The van der Waals surface area contributed by atoms with Crippen LogP contribution in [0, 0.1) is 0 Å². The van der Waals surface area contributed by atoms with Crippen LogP contribution in [0.4, 0.5) is 0 Å². The van der Waals surface area contributed by atoms with Gasteiger partial charge >= 0.3 is 0 Å². The summed E-state index contributed by atoms with van der Waals surface area (Å²) >= 11 is 12.0. The number of amides is 1. The summed E-state index contributed by atoms with van der Waals surface area (Å²) in [6.07, 6.45) is 2.70. The highest BCUT2D eigenvalue weighted by molar-refractivity contribution is 7.89. The molecule has 0 spiro atoms. The van der Waals surface area contributed by atoms with Crippen LogP contribution < -0.4 is 10.1 Å². The van der Waals surface area contributed by atoms with Gasteiger partial charge in [-0.2, -0.15) is 4.31 Å². The van der Waals surface area contributed by atoms with Crippen molar-refractivity contribution in [2.24, 2.45) is 0 Å². The minimum Gasteiger partial charge on any atom is -0.496 e. The zero-order valence-electron chi connectivity index (χ0n) is 16.0. The lowest BCUT2D eigenvalue weighted by Crippen LogP contribution is -2.35. The SMILES string of the molecule is COc1ccc(S(=O)(=O)N2CCCCC2)cc1C(=O)NCc1ccc(Cl)cc1Cl. The standard InChI is InChI=1S/C20H22Cl2N2O4S/c1-28-19-8-7-16(29(26,27)24-9-3-2-4-10-24)12-17(19)20(25)23-13-14-5-6-15(21)11-18(14)22/h5-8,11-12H,2-4,9-10,13H2,1H3,(H,23,25). The topological polar surface area (TPSA) is 75.7 Å². The zero-order chi connectivity index (χ0) is 21.0. The first kappa shape index (κ1) is 21.9. The van der Waals surface area contributed by atoms with Crippen molar-refractivity contribution in [3.63, 3.8) is 0 Å². The number of hydrogen-bond acceptors (Lipinski definition) is 4. The molecule has 1 saturated heterocycles. The van der Waals surface area contributed by atoms with Crippen molar-refractivity contribution in [3.8, 4) is 5.75 Å². The lowest BCUT2D eigenvalue weighted by molar-refractivity contribution is 0.0947. The van der Waals surface area contributed by atoms with Gasteiger partial charge in [-0.3, -0.25) is 4.79 Å². The van der Waals surface area contributed by atoms with Gasteiger partial charge in [-0.1, -0.05) is 35.7 Å². The van der Waals surface area contributed by atoms with Crippen molar-refractivity contribution in [1.82, 2.24) is 9.62 Å². The van der Waals surface area contributed by atoms with Crippen molar-refractivity contribution in [1.29, 1.82) is 0 Å². The van der Waals surface area contributed by atoms with Gasteiger partial charge in [0.25, 0.3) is 5.91 Å². The highest BCUT2D eigenvalue weighted by atomic mass is 35.5. The first-order valence-corrected chi connectivity index (χ1v) is 11.4. The molecule has 0 aliphatic carbocycles. The molecule has 29 heavy (non-hydrogen) atoms. The fourth-order valence-corrected chi connectivity index (χ4v) is 5.23. The van der Waals surface area contributed by atoms with Gasteiger partial charge in [0, 0.05) is 29.7 Å². The van der Waals surface area contributed by atoms with E-state index in [1.54, 1.807) is 18.2 Å². The summed E-state index contributed by atoms with van der Waals surface area (Å²) in [4.78, 5) is 12.8. The third-order valence-corrected chi connectivity index (χ3v) is 7.30. The number of ether oxygens (including phenoxy) is 1. The minimum absolute atomic E-state index is 0.0786. The van der Waals surface area contributed by atoms with Crippen LogP contribution in [0.3, 0.4) is 0 Å². The second kappa shape index (κ2) is 9.34. The molecule has 1 fully saturated rings. The number of sulfonamides is 1. The van der Waals surface area contributed by atoms with Gasteiger partial charge in [0.15, 0.2) is 0 Å². The van der Waals surface area contributed by atoms with E-state index >= 15 is 0 Å². The number of carbonyl (C=O) groups is 1. The molecule has 2 aromatic carbocycles. The van der Waals surface area contributed by atoms with Crippen LogP contribution in [-0.4, -0.2) is 38.8 Å². The molecule has 1 N–H and O–H groups in total. The van der Waals surface area contributed by atoms with Gasteiger partial charge < -0.3 is 10.1 Å². The number of benzene rings is 2. The lowest BCUT2D eigenvalue weighted by atomic mass is 10.1. The van der Waals surface area contributed by atoms with Gasteiger partial charge in [0.1, 0.15) is 5.75 Å². The summed E-state index contributed by atoms with van der Waals surface area (Å²) in [5.41, 5.74) is 0.844. The van der Waals surface area contributed by atoms with E-state index in [9.17, 15) is 13.2 Å². The number of halogens is 2. The molecule has 0 bridgehead atoms. The van der Waals surface area contributed by atoms with E-state index in [4.69, 9.17) is 27.9 Å². The molecule has 0 radical (unpaired) electrons. The van der Waals surface area contributed by atoms with Crippen LogP contribution >= 0.6 is 23.2 Å². The van der Waals surface area contributed by atoms with Crippen molar-refractivity contribution < 1.29 is 17.9 Å². The van der Waals surface area contributed by atoms with Crippen LogP contribution in [-0.2, 0) is 16.6 Å². The first-order chi connectivity index (χ1) is 13.8. The average Bonchev–Trinajstić information content (AvgIpc) is 2.73. The van der Waals surface area contributed by atoms with Crippen molar-refractivity contribution in [2.75, 3.05) is 20.2 Å². The molecule has 1 aliphatic rings. The van der Waals surface area contributed by atoms with Crippen LogP contribution in [0.15, 0.2) is 41.3 Å². The van der Waals surface area contributed by atoms with E-state index in [1.165, 1.54) is 29.6 Å². The summed E-state index contributed by atoms with van der Waals surface area (Å²) in [6, 6.07) is 9.33. The Kier molecular flexibility index (Phi) is 7.05. The molecule has 1 aliphatic heterocycles. The quantitative estimate of drug-likeness (QED) is 0.709. The Morgan fingerprint density at radius 1 is 1.10 bits per heavy atom. The molecule has 0 atom stereocenters. The fourth-order valence-electron chi connectivity index (χ4n) is 3.22. The van der Waals surface area contributed by atoms with E-state index in [0.29, 0.717) is 34.4 Å². The molecule has 2 aromatic rings. The predicted molar refractivity (Wildman–Crippen MR) is 113 cm³/mol. The van der Waals surface area contributed by atoms with Gasteiger partial charge in [-0.25, -0.2) is 8.42 Å². The average molecular weight is 457 g/mol. The van der Waals surface area contributed by atoms with E-state index in [1.807, 2.05) is 0 Å². The largest absolute Gasteiger partial charge is 0.496 e. The second-order valence-corrected chi connectivity index (χ2v) is 9.53. The molecular formula is C20H22Cl2N2O4S. The Balaban J connectivity index is 1.83. The molecule has 1 heterocycles. The molecule has 9 heteroatoms. The maximum atomic E-state index is 12.9. The predicted octanol–water partition coefficient (Wildman–Crippen LogP) is 4.11. The maximum Gasteiger partial charge on any atom is 0.255 e. The monoisotopic (exact) mass is 456 g/mol. The Morgan fingerprint density at radius 3 is 2.48 bits per heavy atom. The Morgan fingerprint density at radius 2 is 1.83 bits per heavy atom. The minimum atomic E-state index is -3.66. The third-order valence-electron chi connectivity index (χ3n) is 4.82. The lowest BCUT2D eigenvalue weighted by Gasteiger charge is -2.26. The summed E-state index contributed by atoms with van der Waals surface area (Å²) in [6.45, 7) is 1.15. The summed E-state index contributed by atoms with van der Waals surface area (Å²) < 4.78 is 32.6. The Bertz CT molecular complexity index is 1010. The van der Waals surface area contributed by atoms with Crippen molar-refractivity contribution in [3.05, 3.63) is 57.6 Å². The van der Waals surface area contributed by atoms with E-state index < -0.39 is 15.9 Å². The van der Waals surface area contributed by atoms with Gasteiger partial charge in [0.2, 0.25) is 10.0 Å². The number of methoxy groups -OCH3 is 1. The number of nitrogens with one attached hydrogen (secondary N) is 1. The van der Waals surface area contributed by atoms with Crippen LogP contribution in [0.25, 0.3) is 0 Å².